The van der Waals surface area contributed by atoms with Crippen molar-refractivity contribution < 1.29 is 9.53 Å². The van der Waals surface area contributed by atoms with Crippen LogP contribution in [0, 0.1) is 0 Å². The molecule has 0 atom stereocenters. The first-order valence-electron chi connectivity index (χ1n) is 4.83. The summed E-state index contributed by atoms with van der Waals surface area (Å²) in [4.78, 5) is 11.5. The van der Waals surface area contributed by atoms with Crippen LogP contribution in [0.2, 0.25) is 0 Å². The Morgan fingerprint density at radius 2 is 2.13 bits per heavy atom. The molecule has 0 saturated heterocycles. The molecule has 0 saturated carbocycles. The number of nitrogens with one attached hydrogen (secondary N) is 1. The van der Waals surface area contributed by atoms with E-state index < -0.39 is 0 Å². The lowest BCUT2D eigenvalue weighted by Gasteiger charge is -2.13. The van der Waals surface area contributed by atoms with Crippen LogP contribution in [0.3, 0.4) is 0 Å². The Morgan fingerprint density at radius 3 is 2.67 bits per heavy atom. The summed E-state index contributed by atoms with van der Waals surface area (Å²) in [7, 11) is 1.58. The second-order valence-corrected chi connectivity index (χ2v) is 3.50. The Balaban J connectivity index is 3.08. The number of amides is 1. The molecule has 0 spiro atoms. The van der Waals surface area contributed by atoms with E-state index in [9.17, 15) is 4.79 Å². The lowest BCUT2D eigenvalue weighted by Crippen LogP contribution is -2.20. The molecule has 1 aromatic rings. The molecule has 3 N–H and O–H groups in total. The molecule has 0 aromatic heterocycles. The highest BCUT2D eigenvalue weighted by atomic mass is 16.5. The molecule has 0 heterocycles. The number of hydrogen-bond acceptors (Lipinski definition) is 3. The number of carbonyl (C=O) groups is 1. The van der Waals surface area contributed by atoms with E-state index in [1.807, 2.05) is 13.8 Å². The number of rotatable bonds is 3. The topological polar surface area (TPSA) is 64.4 Å². The molecule has 0 aliphatic carbocycles. The quantitative estimate of drug-likeness (QED) is 0.738. The zero-order valence-corrected chi connectivity index (χ0v) is 9.20. The predicted molar refractivity (Wildman–Crippen MR) is 60.0 cm³/mol. The van der Waals surface area contributed by atoms with Gasteiger partial charge in [-0.25, -0.2) is 0 Å². The third-order valence-corrected chi connectivity index (χ3v) is 1.84. The molecular formula is C11H16N2O2. The van der Waals surface area contributed by atoms with Crippen molar-refractivity contribution in [3.05, 3.63) is 23.8 Å². The van der Waals surface area contributed by atoms with Gasteiger partial charge in [-0.05, 0) is 26.0 Å². The fraction of sp³-hybridized carbons (Fsp3) is 0.364. The van der Waals surface area contributed by atoms with Gasteiger partial charge in [-0.1, -0.05) is 0 Å². The molecule has 4 nitrogen and oxygen atoms in total. The van der Waals surface area contributed by atoms with Gasteiger partial charge >= 0.3 is 0 Å². The van der Waals surface area contributed by atoms with Crippen LogP contribution in [0.15, 0.2) is 18.2 Å². The smallest absolute Gasteiger partial charge is 0.254 e. The van der Waals surface area contributed by atoms with E-state index >= 15 is 0 Å². The second kappa shape index (κ2) is 4.68. The van der Waals surface area contributed by atoms with Crippen LogP contribution >= 0.6 is 0 Å². The van der Waals surface area contributed by atoms with E-state index in [4.69, 9.17) is 10.5 Å². The van der Waals surface area contributed by atoms with E-state index in [1.54, 1.807) is 25.2 Å². The van der Waals surface area contributed by atoms with Gasteiger partial charge in [0, 0.05) is 18.8 Å². The van der Waals surface area contributed by atoms with Crippen LogP contribution in [0.5, 0.6) is 5.75 Å². The lowest BCUT2D eigenvalue weighted by atomic mass is 10.1. The summed E-state index contributed by atoms with van der Waals surface area (Å²) in [6.45, 7) is 3.80. The third-order valence-electron chi connectivity index (χ3n) is 1.84. The fourth-order valence-electron chi connectivity index (χ4n) is 1.21. The number of anilines is 1. The fourth-order valence-corrected chi connectivity index (χ4v) is 1.21. The Labute approximate surface area is 89.4 Å². The van der Waals surface area contributed by atoms with Gasteiger partial charge in [0.25, 0.3) is 5.91 Å². The van der Waals surface area contributed by atoms with E-state index in [2.05, 4.69) is 5.32 Å². The van der Waals surface area contributed by atoms with Crippen molar-refractivity contribution in [1.29, 1.82) is 0 Å². The number of carbonyl (C=O) groups excluding carboxylic acids is 1. The van der Waals surface area contributed by atoms with Crippen molar-refractivity contribution in [3.63, 3.8) is 0 Å². The summed E-state index contributed by atoms with van der Waals surface area (Å²) in [5.74, 6) is 0.343. The van der Waals surface area contributed by atoms with Gasteiger partial charge in [0.05, 0.1) is 11.7 Å². The molecule has 1 rings (SSSR count). The molecule has 0 bridgehead atoms. The van der Waals surface area contributed by atoms with Gasteiger partial charge in [-0.15, -0.1) is 0 Å². The highest BCUT2D eigenvalue weighted by molar-refractivity contribution is 5.97. The van der Waals surface area contributed by atoms with Crippen LogP contribution in [0.25, 0.3) is 0 Å². The molecule has 4 heteroatoms. The van der Waals surface area contributed by atoms with E-state index in [1.165, 1.54) is 0 Å². The van der Waals surface area contributed by atoms with Gasteiger partial charge in [0.15, 0.2) is 0 Å². The monoisotopic (exact) mass is 208 g/mol. The minimum atomic E-state index is -0.175. The van der Waals surface area contributed by atoms with Crippen molar-refractivity contribution in [1.82, 2.24) is 5.32 Å². The van der Waals surface area contributed by atoms with Crippen LogP contribution in [0.4, 0.5) is 5.69 Å². The summed E-state index contributed by atoms with van der Waals surface area (Å²) in [6.07, 6.45) is 0.00945. The first kappa shape index (κ1) is 11.4. The maximum absolute atomic E-state index is 11.5. The molecular weight excluding hydrogens is 192 g/mol. The minimum Gasteiger partial charge on any atom is -0.490 e. The number of ether oxygens (including phenoxy) is 1. The van der Waals surface area contributed by atoms with Gasteiger partial charge in [0.1, 0.15) is 5.75 Å². The first-order chi connectivity index (χ1) is 7.04. The third kappa shape index (κ3) is 2.87. The molecule has 82 valence electrons. The zero-order chi connectivity index (χ0) is 11.4. The Morgan fingerprint density at radius 1 is 1.47 bits per heavy atom. The summed E-state index contributed by atoms with van der Waals surface area (Å²) in [5, 5.41) is 2.55. The van der Waals surface area contributed by atoms with Crippen LogP contribution < -0.4 is 15.8 Å². The van der Waals surface area contributed by atoms with Gasteiger partial charge in [0.2, 0.25) is 0 Å². The summed E-state index contributed by atoms with van der Waals surface area (Å²) in [6, 6.07) is 4.99. The maximum atomic E-state index is 11.5. The Bertz CT molecular complexity index is 362. The highest BCUT2D eigenvalue weighted by Gasteiger charge is 2.12. The molecule has 1 amide bonds. The van der Waals surface area contributed by atoms with Crippen LogP contribution in [-0.4, -0.2) is 19.1 Å². The van der Waals surface area contributed by atoms with E-state index in [0.717, 1.165) is 0 Å². The highest BCUT2D eigenvalue weighted by Crippen LogP contribution is 2.22. The van der Waals surface area contributed by atoms with Gasteiger partial charge in [-0.3, -0.25) is 4.79 Å². The number of benzene rings is 1. The number of hydrogen-bond donors (Lipinski definition) is 2. The molecule has 0 radical (unpaired) electrons. The largest absolute Gasteiger partial charge is 0.490 e. The average Bonchev–Trinajstić information content (AvgIpc) is 2.16. The van der Waals surface area contributed by atoms with Crippen molar-refractivity contribution in [2.45, 2.75) is 20.0 Å². The lowest BCUT2D eigenvalue weighted by molar-refractivity contribution is 0.0957. The van der Waals surface area contributed by atoms with E-state index in [-0.39, 0.29) is 12.0 Å². The molecule has 0 aliphatic heterocycles. The Kier molecular flexibility index (Phi) is 3.55. The van der Waals surface area contributed by atoms with Gasteiger partial charge in [-0.2, -0.15) is 0 Å². The normalized spacial score (nSPS) is 10.1. The number of nitrogens with two attached hydrogens (primary N) is 1. The van der Waals surface area contributed by atoms with Gasteiger partial charge < -0.3 is 15.8 Å². The van der Waals surface area contributed by atoms with Crippen LogP contribution in [0.1, 0.15) is 24.2 Å². The van der Waals surface area contributed by atoms with Crippen LogP contribution in [-0.2, 0) is 0 Å². The van der Waals surface area contributed by atoms with Crippen molar-refractivity contribution >= 4 is 11.6 Å². The summed E-state index contributed by atoms with van der Waals surface area (Å²) in [5.41, 5.74) is 6.72. The average molecular weight is 208 g/mol. The van der Waals surface area contributed by atoms with Crippen molar-refractivity contribution in [3.8, 4) is 5.75 Å². The molecule has 1 aromatic carbocycles. The SMILES string of the molecule is CNC(=O)c1ccc(N)cc1OC(C)C. The maximum Gasteiger partial charge on any atom is 0.254 e. The second-order valence-electron chi connectivity index (χ2n) is 3.50. The molecule has 0 fully saturated rings. The molecule has 15 heavy (non-hydrogen) atoms. The molecule has 0 unspecified atom stereocenters. The molecule has 0 aliphatic rings. The summed E-state index contributed by atoms with van der Waals surface area (Å²) < 4.78 is 5.51. The zero-order valence-electron chi connectivity index (χ0n) is 9.20. The number of nitrogen functional groups attached to an aromatic ring is 1. The van der Waals surface area contributed by atoms with Crippen molar-refractivity contribution in [2.24, 2.45) is 0 Å². The first-order valence-corrected chi connectivity index (χ1v) is 4.83. The standard InChI is InChI=1S/C11H16N2O2/c1-7(2)15-10-6-8(12)4-5-9(10)11(14)13-3/h4-7H,12H2,1-3H3,(H,13,14). The van der Waals surface area contributed by atoms with Crippen molar-refractivity contribution in [2.75, 3.05) is 12.8 Å². The van der Waals surface area contributed by atoms with E-state index in [0.29, 0.717) is 17.0 Å². The predicted octanol–water partition coefficient (Wildman–Crippen LogP) is 1.42. The Hall–Kier alpha value is -1.71. The minimum absolute atomic E-state index is 0.00945. The summed E-state index contributed by atoms with van der Waals surface area (Å²) >= 11 is 0.